The first kappa shape index (κ1) is 19.6. The molecule has 0 heterocycles. The van der Waals surface area contributed by atoms with E-state index in [0.717, 1.165) is 0 Å². The summed E-state index contributed by atoms with van der Waals surface area (Å²) in [5.41, 5.74) is 0.00822. The van der Waals surface area contributed by atoms with Crippen molar-refractivity contribution in [3.63, 3.8) is 0 Å². The van der Waals surface area contributed by atoms with Gasteiger partial charge in [-0.25, -0.2) is 13.2 Å². The number of benzene rings is 2. The van der Waals surface area contributed by atoms with E-state index >= 15 is 0 Å². The fourth-order valence-corrected chi connectivity index (χ4v) is 3.56. The summed E-state index contributed by atoms with van der Waals surface area (Å²) in [5.74, 6) is -0.412. The minimum atomic E-state index is -3.52. The van der Waals surface area contributed by atoms with Gasteiger partial charge in [0.15, 0.2) is 9.84 Å². The van der Waals surface area contributed by atoms with E-state index in [1.807, 2.05) is 0 Å². The maximum Gasteiger partial charge on any atom is 0.339 e. The number of ether oxygens (including phenoxy) is 2. The molecule has 5 nitrogen and oxygen atoms in total. The van der Waals surface area contributed by atoms with Gasteiger partial charge in [-0.3, -0.25) is 0 Å². The highest BCUT2D eigenvalue weighted by Gasteiger charge is 2.21. The smallest absolute Gasteiger partial charge is 0.339 e. The first-order valence-electron chi connectivity index (χ1n) is 7.42. The molecule has 0 aliphatic heterocycles. The summed E-state index contributed by atoms with van der Waals surface area (Å²) in [5, 5.41) is 0.829. The summed E-state index contributed by atoms with van der Waals surface area (Å²) in [6, 6.07) is 10.7. The summed E-state index contributed by atoms with van der Waals surface area (Å²) in [6.45, 7) is 1.52. The van der Waals surface area contributed by atoms with Crippen molar-refractivity contribution in [3.8, 4) is 5.75 Å². The summed E-state index contributed by atoms with van der Waals surface area (Å²) < 4.78 is 34.6. The van der Waals surface area contributed by atoms with Gasteiger partial charge in [-0.1, -0.05) is 42.3 Å². The van der Waals surface area contributed by atoms with E-state index in [1.165, 1.54) is 25.1 Å². The van der Waals surface area contributed by atoms with Crippen LogP contribution in [0.25, 0.3) is 0 Å². The highest BCUT2D eigenvalue weighted by atomic mass is 35.5. The van der Waals surface area contributed by atoms with Gasteiger partial charge in [-0.2, -0.15) is 0 Å². The molecular formula is C17H16Cl2O5S. The molecule has 25 heavy (non-hydrogen) atoms. The molecule has 2 aromatic rings. The van der Waals surface area contributed by atoms with Crippen LogP contribution in [-0.4, -0.2) is 33.4 Å². The van der Waals surface area contributed by atoms with Crippen LogP contribution >= 0.6 is 23.2 Å². The molecule has 0 bridgehead atoms. The van der Waals surface area contributed by atoms with Crippen molar-refractivity contribution in [1.29, 1.82) is 0 Å². The SMILES string of the molecule is CCS(=O)(=O)c1ccccc1C(=O)OCCOc1ccc(Cl)cc1Cl. The second-order valence-electron chi connectivity index (χ2n) is 4.96. The summed E-state index contributed by atoms with van der Waals surface area (Å²) >= 11 is 11.8. The summed E-state index contributed by atoms with van der Waals surface area (Å²) in [4.78, 5) is 12.1. The maximum absolute atomic E-state index is 12.2. The third-order valence-electron chi connectivity index (χ3n) is 3.29. The lowest BCUT2D eigenvalue weighted by molar-refractivity contribution is 0.0446. The molecule has 0 amide bonds. The van der Waals surface area contributed by atoms with Crippen LogP contribution in [-0.2, 0) is 14.6 Å². The van der Waals surface area contributed by atoms with Crippen LogP contribution < -0.4 is 4.74 Å². The molecule has 2 rings (SSSR count). The number of hydrogen-bond acceptors (Lipinski definition) is 5. The first-order chi connectivity index (χ1) is 11.8. The molecular weight excluding hydrogens is 387 g/mol. The average molecular weight is 403 g/mol. The van der Waals surface area contributed by atoms with Crippen molar-refractivity contribution >= 4 is 39.0 Å². The second-order valence-corrected chi connectivity index (χ2v) is 8.05. The van der Waals surface area contributed by atoms with E-state index in [4.69, 9.17) is 32.7 Å². The topological polar surface area (TPSA) is 69.7 Å². The zero-order valence-corrected chi connectivity index (χ0v) is 15.7. The van der Waals surface area contributed by atoms with Crippen molar-refractivity contribution in [1.82, 2.24) is 0 Å². The molecule has 0 aliphatic rings. The predicted molar refractivity (Wildman–Crippen MR) is 96.4 cm³/mol. The van der Waals surface area contributed by atoms with E-state index in [2.05, 4.69) is 0 Å². The molecule has 0 aromatic heterocycles. The van der Waals surface area contributed by atoms with E-state index < -0.39 is 15.8 Å². The summed E-state index contributed by atoms with van der Waals surface area (Å²) in [6.07, 6.45) is 0. The maximum atomic E-state index is 12.2. The fourth-order valence-electron chi connectivity index (χ4n) is 2.02. The molecule has 0 spiro atoms. The number of sulfone groups is 1. The molecule has 2 aromatic carbocycles. The lowest BCUT2D eigenvalue weighted by Gasteiger charge is -2.11. The van der Waals surface area contributed by atoms with E-state index in [1.54, 1.807) is 24.3 Å². The van der Waals surface area contributed by atoms with Crippen LogP contribution in [0.2, 0.25) is 10.0 Å². The molecule has 0 unspecified atom stereocenters. The number of halogens is 2. The molecule has 134 valence electrons. The van der Waals surface area contributed by atoms with Crippen LogP contribution in [0.1, 0.15) is 17.3 Å². The molecule has 0 aliphatic carbocycles. The summed E-state index contributed by atoms with van der Waals surface area (Å²) in [7, 11) is -3.52. The normalized spacial score (nSPS) is 11.2. The predicted octanol–water partition coefficient (Wildman–Crippen LogP) is 4.02. The van der Waals surface area contributed by atoms with Crippen LogP contribution in [0.3, 0.4) is 0 Å². The average Bonchev–Trinajstić information content (AvgIpc) is 2.60. The molecule has 0 saturated carbocycles. The highest BCUT2D eigenvalue weighted by molar-refractivity contribution is 7.91. The van der Waals surface area contributed by atoms with Gasteiger partial charge in [0, 0.05) is 5.02 Å². The van der Waals surface area contributed by atoms with Crippen molar-refractivity contribution in [2.45, 2.75) is 11.8 Å². The number of hydrogen-bond donors (Lipinski definition) is 0. The Kier molecular flexibility index (Phi) is 6.70. The van der Waals surface area contributed by atoms with Crippen LogP contribution in [0, 0.1) is 0 Å². The number of carbonyl (C=O) groups excluding carboxylic acids is 1. The Morgan fingerprint density at radius 2 is 1.80 bits per heavy atom. The molecule has 0 atom stereocenters. The van der Waals surface area contributed by atoms with Crippen LogP contribution in [0.5, 0.6) is 5.75 Å². The van der Waals surface area contributed by atoms with Crippen LogP contribution in [0.15, 0.2) is 47.4 Å². The molecule has 8 heteroatoms. The Morgan fingerprint density at radius 3 is 2.48 bits per heavy atom. The van der Waals surface area contributed by atoms with Crippen molar-refractivity contribution < 1.29 is 22.7 Å². The van der Waals surface area contributed by atoms with Gasteiger partial charge in [-0.15, -0.1) is 0 Å². The molecule has 0 saturated heterocycles. The van der Waals surface area contributed by atoms with Crippen LogP contribution in [0.4, 0.5) is 0 Å². The van der Waals surface area contributed by atoms with E-state index in [0.29, 0.717) is 15.8 Å². The van der Waals surface area contributed by atoms with Gasteiger partial charge in [0.1, 0.15) is 19.0 Å². The van der Waals surface area contributed by atoms with Crippen molar-refractivity contribution in [2.75, 3.05) is 19.0 Å². The monoisotopic (exact) mass is 402 g/mol. The van der Waals surface area contributed by atoms with Gasteiger partial charge >= 0.3 is 5.97 Å². The Balaban J connectivity index is 1.97. The minimum absolute atomic E-state index is 0.00822. The highest BCUT2D eigenvalue weighted by Crippen LogP contribution is 2.27. The molecule has 0 N–H and O–H groups in total. The minimum Gasteiger partial charge on any atom is -0.488 e. The van der Waals surface area contributed by atoms with Gasteiger partial charge in [0.25, 0.3) is 0 Å². The third-order valence-corrected chi connectivity index (χ3v) is 5.61. The quantitative estimate of drug-likeness (QED) is 0.516. The zero-order chi connectivity index (χ0) is 18.4. The van der Waals surface area contributed by atoms with Gasteiger partial charge in [-0.05, 0) is 30.3 Å². The first-order valence-corrected chi connectivity index (χ1v) is 9.82. The van der Waals surface area contributed by atoms with Gasteiger partial charge in [0.05, 0.1) is 21.2 Å². The van der Waals surface area contributed by atoms with Gasteiger partial charge < -0.3 is 9.47 Å². The molecule has 0 fully saturated rings. The van der Waals surface area contributed by atoms with Gasteiger partial charge in [0.2, 0.25) is 0 Å². The number of rotatable bonds is 7. The van der Waals surface area contributed by atoms with Crippen molar-refractivity contribution in [2.24, 2.45) is 0 Å². The number of carbonyl (C=O) groups is 1. The fraction of sp³-hybridized carbons (Fsp3) is 0.235. The lowest BCUT2D eigenvalue weighted by Crippen LogP contribution is -2.16. The largest absolute Gasteiger partial charge is 0.488 e. The Bertz CT molecular complexity index is 865. The lowest BCUT2D eigenvalue weighted by atomic mass is 10.2. The number of esters is 1. The Hall–Kier alpha value is -1.76. The molecule has 0 radical (unpaired) electrons. The zero-order valence-electron chi connectivity index (χ0n) is 13.4. The van der Waals surface area contributed by atoms with E-state index in [-0.39, 0.29) is 29.4 Å². The second kappa shape index (κ2) is 8.56. The standard InChI is InChI=1S/C17H16Cl2O5S/c1-2-25(21,22)16-6-4-3-5-13(16)17(20)24-10-9-23-15-8-7-12(18)11-14(15)19/h3-8,11H,2,9-10H2,1H3. The van der Waals surface area contributed by atoms with E-state index in [9.17, 15) is 13.2 Å². The Labute approximate surface area is 156 Å². The Morgan fingerprint density at radius 1 is 1.08 bits per heavy atom. The third kappa shape index (κ3) is 5.11. The van der Waals surface area contributed by atoms with Crippen molar-refractivity contribution in [3.05, 3.63) is 58.1 Å².